The van der Waals surface area contributed by atoms with Gasteiger partial charge in [0.25, 0.3) is 0 Å². The number of hydrogen-bond donors (Lipinski definition) is 0. The zero-order valence-electron chi connectivity index (χ0n) is 14.4. The highest BCUT2D eigenvalue weighted by Gasteiger charge is 2.27. The summed E-state index contributed by atoms with van der Waals surface area (Å²) in [5, 5.41) is 2.12. The number of fused-ring (bicyclic) bond motifs is 1. The molecule has 1 amide bonds. The minimum Gasteiger partial charge on any atom is -0.497 e. The van der Waals surface area contributed by atoms with Crippen LogP contribution in [-0.4, -0.2) is 31.6 Å². The lowest BCUT2D eigenvalue weighted by atomic mass is 10.0. The van der Waals surface area contributed by atoms with E-state index in [9.17, 15) is 4.79 Å². The third-order valence-electron chi connectivity index (χ3n) is 4.64. The van der Waals surface area contributed by atoms with Crippen LogP contribution in [-0.2, 0) is 17.6 Å². The van der Waals surface area contributed by atoms with E-state index < -0.39 is 0 Å². The van der Waals surface area contributed by atoms with E-state index in [4.69, 9.17) is 9.47 Å². The van der Waals surface area contributed by atoms with Gasteiger partial charge in [0, 0.05) is 23.9 Å². The standard InChI is InChI=1S/C19H23NO3S/c1-13-17-7-9-24-18(17)6-8-20(13)19(21)5-4-14-10-15(22-2)12-16(11-14)23-3/h7,9-13H,4-6,8H2,1-3H3/t13-/m0/s1. The van der Waals surface area contributed by atoms with Crippen LogP contribution in [0.4, 0.5) is 0 Å². The fourth-order valence-corrected chi connectivity index (χ4v) is 4.22. The minimum atomic E-state index is 0.173. The van der Waals surface area contributed by atoms with Gasteiger partial charge in [-0.25, -0.2) is 0 Å². The zero-order valence-corrected chi connectivity index (χ0v) is 15.2. The van der Waals surface area contributed by atoms with Gasteiger partial charge >= 0.3 is 0 Å². The third kappa shape index (κ3) is 3.41. The Morgan fingerprint density at radius 3 is 2.62 bits per heavy atom. The Labute approximate surface area is 147 Å². The molecule has 1 aliphatic heterocycles. The van der Waals surface area contributed by atoms with Crippen molar-refractivity contribution < 1.29 is 14.3 Å². The number of nitrogens with zero attached hydrogens (tertiary/aromatic N) is 1. The Balaban J connectivity index is 1.66. The molecule has 0 spiro atoms. The van der Waals surface area contributed by atoms with Crippen molar-refractivity contribution in [1.82, 2.24) is 4.90 Å². The molecular weight excluding hydrogens is 322 g/mol. The van der Waals surface area contributed by atoms with Crippen LogP contribution in [0.25, 0.3) is 0 Å². The fraction of sp³-hybridized carbons (Fsp3) is 0.421. The monoisotopic (exact) mass is 345 g/mol. The molecule has 128 valence electrons. The summed E-state index contributed by atoms with van der Waals surface area (Å²) in [6, 6.07) is 8.10. The third-order valence-corrected chi connectivity index (χ3v) is 5.63. The van der Waals surface area contributed by atoms with Crippen molar-refractivity contribution in [1.29, 1.82) is 0 Å². The van der Waals surface area contributed by atoms with Crippen LogP contribution < -0.4 is 9.47 Å². The molecule has 1 aliphatic rings. The second-order valence-corrected chi connectivity index (χ2v) is 7.03. The lowest BCUT2D eigenvalue weighted by Crippen LogP contribution is -2.38. The molecule has 0 saturated heterocycles. The molecule has 24 heavy (non-hydrogen) atoms. The van der Waals surface area contributed by atoms with E-state index in [1.165, 1.54) is 10.4 Å². The molecule has 0 N–H and O–H groups in total. The molecule has 1 aromatic carbocycles. The summed E-state index contributed by atoms with van der Waals surface area (Å²) in [5.74, 6) is 1.72. The van der Waals surface area contributed by atoms with Gasteiger partial charge in [0.15, 0.2) is 0 Å². The average Bonchev–Trinajstić information content (AvgIpc) is 3.09. The Morgan fingerprint density at radius 2 is 1.96 bits per heavy atom. The Kier molecular flexibility index (Phi) is 5.09. The van der Waals surface area contributed by atoms with E-state index in [0.29, 0.717) is 12.8 Å². The van der Waals surface area contributed by atoms with Gasteiger partial charge in [0.05, 0.1) is 20.3 Å². The predicted octanol–water partition coefficient (Wildman–Crippen LogP) is 3.84. The van der Waals surface area contributed by atoms with Crippen molar-refractivity contribution in [3.05, 3.63) is 45.6 Å². The molecule has 1 aromatic heterocycles. The number of amides is 1. The molecule has 0 aliphatic carbocycles. The van der Waals surface area contributed by atoms with Crippen LogP contribution in [0.5, 0.6) is 11.5 Å². The minimum absolute atomic E-state index is 0.173. The van der Waals surface area contributed by atoms with Crippen LogP contribution in [0.15, 0.2) is 29.6 Å². The SMILES string of the molecule is COc1cc(CCC(=O)N2CCc3sccc3[C@@H]2C)cc(OC)c1. The van der Waals surface area contributed by atoms with E-state index in [0.717, 1.165) is 30.0 Å². The number of rotatable bonds is 5. The summed E-state index contributed by atoms with van der Waals surface area (Å²) in [6.07, 6.45) is 2.16. The highest BCUT2D eigenvalue weighted by atomic mass is 32.1. The van der Waals surface area contributed by atoms with Crippen molar-refractivity contribution in [2.24, 2.45) is 0 Å². The summed E-state index contributed by atoms with van der Waals surface area (Å²) < 4.78 is 10.6. The number of thiophene rings is 1. The average molecular weight is 345 g/mol. The van der Waals surface area contributed by atoms with E-state index in [1.54, 1.807) is 25.6 Å². The number of carbonyl (C=O) groups excluding carboxylic acids is 1. The molecule has 3 rings (SSSR count). The van der Waals surface area contributed by atoms with Crippen molar-refractivity contribution >= 4 is 17.2 Å². The number of carbonyl (C=O) groups is 1. The molecule has 1 atom stereocenters. The van der Waals surface area contributed by atoms with Gasteiger partial charge in [-0.15, -0.1) is 11.3 Å². The maximum Gasteiger partial charge on any atom is 0.223 e. The maximum absolute atomic E-state index is 12.7. The maximum atomic E-state index is 12.7. The molecule has 0 unspecified atom stereocenters. The first-order chi connectivity index (χ1) is 11.6. The molecule has 0 saturated carbocycles. The van der Waals surface area contributed by atoms with Crippen molar-refractivity contribution in [3.8, 4) is 11.5 Å². The summed E-state index contributed by atoms with van der Waals surface area (Å²) in [5.41, 5.74) is 2.36. The molecular formula is C19H23NO3S. The Bertz CT molecular complexity index is 703. The highest BCUT2D eigenvalue weighted by Crippen LogP contribution is 2.33. The van der Waals surface area contributed by atoms with Gasteiger partial charge in [-0.2, -0.15) is 0 Å². The van der Waals surface area contributed by atoms with Crippen LogP contribution in [0, 0.1) is 0 Å². The lowest BCUT2D eigenvalue weighted by Gasteiger charge is -2.33. The zero-order chi connectivity index (χ0) is 17.1. The quantitative estimate of drug-likeness (QED) is 0.826. The Morgan fingerprint density at radius 1 is 1.25 bits per heavy atom. The first kappa shape index (κ1) is 16.8. The summed E-state index contributed by atoms with van der Waals surface area (Å²) >= 11 is 1.80. The summed E-state index contributed by atoms with van der Waals surface area (Å²) in [6.45, 7) is 2.94. The van der Waals surface area contributed by atoms with E-state index in [2.05, 4.69) is 18.4 Å². The fourth-order valence-electron chi connectivity index (χ4n) is 3.26. The van der Waals surface area contributed by atoms with Gasteiger partial charge in [-0.3, -0.25) is 4.79 Å². The molecule has 0 fully saturated rings. The smallest absolute Gasteiger partial charge is 0.223 e. The second kappa shape index (κ2) is 7.26. The van der Waals surface area contributed by atoms with E-state index >= 15 is 0 Å². The van der Waals surface area contributed by atoms with Crippen LogP contribution in [0.3, 0.4) is 0 Å². The number of aryl methyl sites for hydroxylation is 1. The molecule has 2 heterocycles. The summed E-state index contributed by atoms with van der Waals surface area (Å²) in [4.78, 5) is 16.1. The van der Waals surface area contributed by atoms with Gasteiger partial charge in [0.2, 0.25) is 5.91 Å². The van der Waals surface area contributed by atoms with Gasteiger partial charge in [0.1, 0.15) is 11.5 Å². The molecule has 5 heteroatoms. The van der Waals surface area contributed by atoms with E-state index in [-0.39, 0.29) is 11.9 Å². The second-order valence-electron chi connectivity index (χ2n) is 6.03. The molecule has 2 aromatic rings. The van der Waals surface area contributed by atoms with Crippen molar-refractivity contribution in [2.45, 2.75) is 32.2 Å². The van der Waals surface area contributed by atoms with Crippen molar-refractivity contribution in [2.75, 3.05) is 20.8 Å². The van der Waals surface area contributed by atoms with Gasteiger partial charge < -0.3 is 14.4 Å². The van der Waals surface area contributed by atoms with Crippen molar-refractivity contribution in [3.63, 3.8) is 0 Å². The van der Waals surface area contributed by atoms with Gasteiger partial charge in [-0.1, -0.05) is 0 Å². The van der Waals surface area contributed by atoms with Crippen LogP contribution in [0.2, 0.25) is 0 Å². The van der Waals surface area contributed by atoms with Crippen LogP contribution in [0.1, 0.15) is 35.4 Å². The largest absolute Gasteiger partial charge is 0.497 e. The predicted molar refractivity (Wildman–Crippen MR) is 96.0 cm³/mol. The normalized spacial score (nSPS) is 16.6. The number of benzene rings is 1. The lowest BCUT2D eigenvalue weighted by molar-refractivity contribution is -0.133. The highest BCUT2D eigenvalue weighted by molar-refractivity contribution is 7.10. The Hall–Kier alpha value is -2.01. The van der Waals surface area contributed by atoms with Gasteiger partial charge in [-0.05, 0) is 54.5 Å². The number of hydrogen-bond acceptors (Lipinski definition) is 4. The topological polar surface area (TPSA) is 38.8 Å². The number of methoxy groups -OCH3 is 2. The number of ether oxygens (including phenoxy) is 2. The molecule has 0 radical (unpaired) electrons. The first-order valence-corrected chi connectivity index (χ1v) is 9.08. The van der Waals surface area contributed by atoms with Crippen LogP contribution >= 0.6 is 11.3 Å². The molecule has 4 nitrogen and oxygen atoms in total. The summed E-state index contributed by atoms with van der Waals surface area (Å²) in [7, 11) is 3.27. The molecule has 0 bridgehead atoms. The van der Waals surface area contributed by atoms with E-state index in [1.807, 2.05) is 23.1 Å². The first-order valence-electron chi connectivity index (χ1n) is 8.20.